The molecule has 0 amide bonds. The maximum Gasteiger partial charge on any atom is 0.0903 e. The highest BCUT2D eigenvalue weighted by atomic mass is 16.5. The van der Waals surface area contributed by atoms with Crippen molar-refractivity contribution >= 4 is 0 Å². The molecule has 1 saturated heterocycles. The molecule has 13 heavy (non-hydrogen) atoms. The van der Waals surface area contributed by atoms with Gasteiger partial charge >= 0.3 is 0 Å². The SMILES string of the molecule is C=CC(NN)C1CN(CC)CCO1. The van der Waals surface area contributed by atoms with Crippen LogP contribution in [0.5, 0.6) is 0 Å². The van der Waals surface area contributed by atoms with Crippen molar-refractivity contribution in [2.24, 2.45) is 5.84 Å². The van der Waals surface area contributed by atoms with Gasteiger partial charge in [0.05, 0.1) is 18.8 Å². The van der Waals surface area contributed by atoms with Gasteiger partial charge in [-0.25, -0.2) is 0 Å². The predicted octanol–water partition coefficient (Wildman–Crippen LogP) is -0.275. The zero-order valence-corrected chi connectivity index (χ0v) is 8.20. The van der Waals surface area contributed by atoms with Gasteiger partial charge in [-0.05, 0) is 6.54 Å². The summed E-state index contributed by atoms with van der Waals surface area (Å²) in [6, 6.07) is 0.0503. The molecular formula is C9H19N3O. The number of nitrogens with one attached hydrogen (secondary N) is 1. The Morgan fingerprint density at radius 1 is 1.85 bits per heavy atom. The lowest BCUT2D eigenvalue weighted by Gasteiger charge is -2.35. The van der Waals surface area contributed by atoms with Crippen LogP contribution in [0, 0.1) is 0 Å². The second-order valence-electron chi connectivity index (χ2n) is 3.23. The number of hydrogen-bond acceptors (Lipinski definition) is 4. The van der Waals surface area contributed by atoms with Gasteiger partial charge in [0, 0.05) is 13.1 Å². The summed E-state index contributed by atoms with van der Waals surface area (Å²) in [5.74, 6) is 5.38. The Hall–Kier alpha value is -0.420. The molecule has 4 nitrogen and oxygen atoms in total. The summed E-state index contributed by atoms with van der Waals surface area (Å²) in [4.78, 5) is 2.35. The average molecular weight is 185 g/mol. The molecule has 0 bridgehead atoms. The van der Waals surface area contributed by atoms with Crippen LogP contribution >= 0.6 is 0 Å². The van der Waals surface area contributed by atoms with Gasteiger partial charge in [-0.2, -0.15) is 0 Å². The highest BCUT2D eigenvalue weighted by Gasteiger charge is 2.24. The van der Waals surface area contributed by atoms with Gasteiger partial charge in [0.2, 0.25) is 0 Å². The Labute approximate surface area is 79.7 Å². The van der Waals surface area contributed by atoms with E-state index in [1.165, 1.54) is 0 Å². The van der Waals surface area contributed by atoms with E-state index in [0.29, 0.717) is 0 Å². The summed E-state index contributed by atoms with van der Waals surface area (Å²) in [5.41, 5.74) is 2.70. The van der Waals surface area contributed by atoms with Crippen LogP contribution in [-0.4, -0.2) is 43.3 Å². The van der Waals surface area contributed by atoms with E-state index in [1.54, 1.807) is 6.08 Å². The van der Waals surface area contributed by atoms with Crippen molar-refractivity contribution < 1.29 is 4.74 Å². The Morgan fingerprint density at radius 2 is 2.62 bits per heavy atom. The van der Waals surface area contributed by atoms with Crippen molar-refractivity contribution in [3.63, 3.8) is 0 Å². The topological polar surface area (TPSA) is 50.5 Å². The zero-order chi connectivity index (χ0) is 9.68. The molecule has 0 aromatic carbocycles. The third-order valence-corrected chi connectivity index (χ3v) is 2.47. The monoisotopic (exact) mass is 185 g/mol. The molecule has 2 unspecified atom stereocenters. The van der Waals surface area contributed by atoms with Gasteiger partial charge in [0.25, 0.3) is 0 Å². The van der Waals surface area contributed by atoms with E-state index in [9.17, 15) is 0 Å². The number of nitrogens with two attached hydrogens (primary N) is 1. The molecule has 3 N–H and O–H groups in total. The molecule has 0 radical (unpaired) electrons. The molecular weight excluding hydrogens is 166 g/mol. The molecule has 0 spiro atoms. The first-order chi connectivity index (χ1) is 6.31. The first kappa shape index (κ1) is 10.7. The summed E-state index contributed by atoms with van der Waals surface area (Å²) in [7, 11) is 0. The van der Waals surface area contributed by atoms with Crippen molar-refractivity contribution in [2.75, 3.05) is 26.2 Å². The number of hydrogen-bond donors (Lipinski definition) is 2. The summed E-state index contributed by atoms with van der Waals surface area (Å²) < 4.78 is 5.60. The van der Waals surface area contributed by atoms with Crippen LogP contribution in [0.15, 0.2) is 12.7 Å². The fourth-order valence-corrected chi connectivity index (χ4v) is 1.56. The number of likely N-dealkylation sites (N-methyl/N-ethyl adjacent to an activating group) is 1. The van der Waals surface area contributed by atoms with E-state index in [-0.39, 0.29) is 12.1 Å². The van der Waals surface area contributed by atoms with Crippen molar-refractivity contribution in [3.8, 4) is 0 Å². The zero-order valence-electron chi connectivity index (χ0n) is 8.20. The number of rotatable bonds is 4. The fourth-order valence-electron chi connectivity index (χ4n) is 1.56. The highest BCUT2D eigenvalue weighted by molar-refractivity contribution is 4.93. The molecule has 1 rings (SSSR count). The van der Waals surface area contributed by atoms with Gasteiger partial charge in [0.15, 0.2) is 0 Å². The Morgan fingerprint density at radius 3 is 3.15 bits per heavy atom. The lowest BCUT2D eigenvalue weighted by molar-refractivity contribution is -0.0370. The van der Waals surface area contributed by atoms with Gasteiger partial charge in [-0.15, -0.1) is 6.58 Å². The number of hydrazine groups is 1. The fraction of sp³-hybridized carbons (Fsp3) is 0.778. The summed E-state index contributed by atoms with van der Waals surface area (Å²) >= 11 is 0. The van der Waals surface area contributed by atoms with Crippen LogP contribution in [0.3, 0.4) is 0 Å². The second-order valence-corrected chi connectivity index (χ2v) is 3.23. The predicted molar refractivity (Wildman–Crippen MR) is 53.2 cm³/mol. The van der Waals surface area contributed by atoms with Gasteiger partial charge in [0.1, 0.15) is 0 Å². The van der Waals surface area contributed by atoms with E-state index in [1.807, 2.05) is 0 Å². The molecule has 0 aromatic heterocycles. The van der Waals surface area contributed by atoms with Crippen molar-refractivity contribution in [2.45, 2.75) is 19.1 Å². The first-order valence-electron chi connectivity index (χ1n) is 4.74. The van der Waals surface area contributed by atoms with Crippen LogP contribution in [0.1, 0.15) is 6.92 Å². The number of morpholine rings is 1. The largest absolute Gasteiger partial charge is 0.374 e. The molecule has 1 heterocycles. The lowest BCUT2D eigenvalue weighted by atomic mass is 10.1. The minimum Gasteiger partial charge on any atom is -0.374 e. The Bertz CT molecular complexity index is 163. The normalized spacial score (nSPS) is 27.1. The molecule has 0 saturated carbocycles. The minimum absolute atomic E-state index is 0.0503. The van der Waals surface area contributed by atoms with Crippen molar-refractivity contribution in [1.82, 2.24) is 10.3 Å². The Balaban J connectivity index is 2.44. The highest BCUT2D eigenvalue weighted by Crippen LogP contribution is 2.08. The minimum atomic E-state index is 0.0503. The summed E-state index contributed by atoms with van der Waals surface area (Å²) in [6.45, 7) is 9.66. The summed E-state index contributed by atoms with van der Waals surface area (Å²) in [5, 5.41) is 0. The molecule has 1 aliphatic rings. The quantitative estimate of drug-likeness (QED) is 0.359. The molecule has 0 aliphatic carbocycles. The maximum absolute atomic E-state index is 5.60. The molecule has 0 aromatic rings. The first-order valence-corrected chi connectivity index (χ1v) is 4.74. The Kier molecular flexibility index (Phi) is 4.38. The van der Waals surface area contributed by atoms with Crippen LogP contribution in [0.4, 0.5) is 0 Å². The number of nitrogens with zero attached hydrogens (tertiary/aromatic N) is 1. The third kappa shape index (κ3) is 2.77. The molecule has 76 valence electrons. The molecule has 1 aliphatic heterocycles. The third-order valence-electron chi connectivity index (χ3n) is 2.47. The standard InChI is InChI=1S/C9H19N3O/c1-3-8(11-10)9-7-12(4-2)5-6-13-9/h3,8-9,11H,1,4-7,10H2,2H3. The van der Waals surface area contributed by atoms with Crippen LogP contribution in [0.2, 0.25) is 0 Å². The van der Waals surface area contributed by atoms with Crippen LogP contribution in [0.25, 0.3) is 0 Å². The van der Waals surface area contributed by atoms with E-state index >= 15 is 0 Å². The van der Waals surface area contributed by atoms with E-state index in [2.05, 4.69) is 23.8 Å². The summed E-state index contributed by atoms with van der Waals surface area (Å²) in [6.07, 6.45) is 1.93. The van der Waals surface area contributed by atoms with Crippen molar-refractivity contribution in [3.05, 3.63) is 12.7 Å². The van der Waals surface area contributed by atoms with Crippen molar-refractivity contribution in [1.29, 1.82) is 0 Å². The van der Waals surface area contributed by atoms with E-state index < -0.39 is 0 Å². The van der Waals surface area contributed by atoms with E-state index in [4.69, 9.17) is 10.6 Å². The molecule has 2 atom stereocenters. The van der Waals surface area contributed by atoms with E-state index in [0.717, 1.165) is 26.2 Å². The smallest absolute Gasteiger partial charge is 0.0903 e. The lowest BCUT2D eigenvalue weighted by Crippen LogP contribution is -2.53. The molecule has 1 fully saturated rings. The molecule has 4 heteroatoms. The van der Waals surface area contributed by atoms with Crippen LogP contribution < -0.4 is 11.3 Å². The average Bonchev–Trinajstić information content (AvgIpc) is 2.20. The van der Waals surface area contributed by atoms with Gasteiger partial charge in [-0.3, -0.25) is 16.2 Å². The van der Waals surface area contributed by atoms with Gasteiger partial charge < -0.3 is 4.74 Å². The van der Waals surface area contributed by atoms with Crippen LogP contribution in [-0.2, 0) is 4.74 Å². The second kappa shape index (κ2) is 5.34. The maximum atomic E-state index is 5.60. The van der Waals surface area contributed by atoms with Gasteiger partial charge in [-0.1, -0.05) is 13.0 Å². The number of ether oxygens (including phenoxy) is 1.